The van der Waals surface area contributed by atoms with Gasteiger partial charge in [0.15, 0.2) is 0 Å². The first-order valence-electron chi connectivity index (χ1n) is 11.8. The number of carbonyl (C=O) groups excluding carboxylic acids is 3. The van der Waals surface area contributed by atoms with Crippen molar-refractivity contribution in [3.05, 3.63) is 71.9 Å². The second-order valence-electron chi connectivity index (χ2n) is 8.73. The minimum atomic E-state index is -1.53. The van der Waals surface area contributed by atoms with Crippen LogP contribution < -0.4 is 21.7 Å². The number of para-hydroxylation sites is 1. The smallest absolute Gasteiger partial charge is 0.328 e. The number of hydrogen-bond acceptors (Lipinski definition) is 6. The largest absolute Gasteiger partial charge is 0.480 e. The number of fused-ring (bicyclic) bond motifs is 1. The molecule has 1 heterocycles. The van der Waals surface area contributed by atoms with E-state index in [4.69, 9.17) is 10.8 Å². The zero-order valence-corrected chi connectivity index (χ0v) is 20.3. The molecule has 0 aliphatic rings. The highest BCUT2D eigenvalue weighted by molar-refractivity contribution is 5.94. The highest BCUT2D eigenvalue weighted by Crippen LogP contribution is 2.18. The van der Waals surface area contributed by atoms with Crippen LogP contribution in [-0.2, 0) is 32.0 Å². The van der Waals surface area contributed by atoms with E-state index < -0.39 is 54.5 Å². The van der Waals surface area contributed by atoms with Crippen molar-refractivity contribution >= 4 is 34.6 Å². The number of nitrogens with two attached hydrogens (primary N) is 1. The summed E-state index contributed by atoms with van der Waals surface area (Å²) in [5.41, 5.74) is 8.61. The van der Waals surface area contributed by atoms with Gasteiger partial charge < -0.3 is 36.9 Å². The second kappa shape index (κ2) is 12.7. The second-order valence-corrected chi connectivity index (χ2v) is 8.73. The highest BCUT2D eigenvalue weighted by Gasteiger charge is 2.29. The van der Waals surface area contributed by atoms with Crippen molar-refractivity contribution in [3.63, 3.8) is 0 Å². The average Bonchev–Trinajstić information content (AvgIpc) is 3.29. The van der Waals surface area contributed by atoms with Crippen LogP contribution in [0.4, 0.5) is 0 Å². The number of aromatic amines is 1. The van der Waals surface area contributed by atoms with Gasteiger partial charge in [-0.2, -0.15) is 0 Å². The van der Waals surface area contributed by atoms with Gasteiger partial charge in [0.1, 0.15) is 18.1 Å². The van der Waals surface area contributed by atoms with E-state index in [0.29, 0.717) is 0 Å². The van der Waals surface area contributed by atoms with Gasteiger partial charge in [-0.3, -0.25) is 14.4 Å². The zero-order chi connectivity index (χ0) is 26.9. The van der Waals surface area contributed by atoms with E-state index in [-0.39, 0.29) is 12.8 Å². The van der Waals surface area contributed by atoms with Crippen molar-refractivity contribution in [3.8, 4) is 0 Å². The molecular formula is C26H31N5O6. The van der Waals surface area contributed by atoms with Gasteiger partial charge in [-0.25, -0.2) is 4.79 Å². The first-order valence-corrected chi connectivity index (χ1v) is 11.8. The molecule has 0 aliphatic carbocycles. The quantitative estimate of drug-likeness (QED) is 0.177. The monoisotopic (exact) mass is 509 g/mol. The van der Waals surface area contributed by atoms with Gasteiger partial charge in [-0.1, -0.05) is 48.5 Å². The summed E-state index contributed by atoms with van der Waals surface area (Å²) in [6, 6.07) is 11.8. The number of aliphatic hydroxyl groups is 1. The summed E-state index contributed by atoms with van der Waals surface area (Å²) >= 11 is 0. The third kappa shape index (κ3) is 7.38. The molecule has 0 bridgehead atoms. The van der Waals surface area contributed by atoms with Gasteiger partial charge in [0.2, 0.25) is 17.7 Å². The molecule has 8 N–H and O–H groups in total. The van der Waals surface area contributed by atoms with E-state index in [1.54, 1.807) is 36.5 Å². The number of rotatable bonds is 12. The maximum atomic E-state index is 12.9. The maximum Gasteiger partial charge on any atom is 0.328 e. The molecule has 11 nitrogen and oxygen atoms in total. The minimum absolute atomic E-state index is 0.0664. The van der Waals surface area contributed by atoms with E-state index in [0.717, 1.165) is 22.0 Å². The molecule has 0 saturated carbocycles. The van der Waals surface area contributed by atoms with Crippen LogP contribution in [0, 0.1) is 0 Å². The number of nitrogens with one attached hydrogen (secondary N) is 4. The van der Waals surface area contributed by atoms with E-state index in [9.17, 15) is 24.3 Å². The number of benzene rings is 2. The number of carboxylic acid groups (broad SMARTS) is 1. The summed E-state index contributed by atoms with van der Waals surface area (Å²) in [6.07, 6.45) is 2.11. The first kappa shape index (κ1) is 27.4. The maximum absolute atomic E-state index is 12.9. The topological polar surface area (TPSA) is 187 Å². The van der Waals surface area contributed by atoms with E-state index in [1.807, 2.05) is 24.3 Å². The van der Waals surface area contributed by atoms with Crippen LogP contribution in [0.3, 0.4) is 0 Å². The summed E-state index contributed by atoms with van der Waals surface area (Å²) in [6.45, 7) is 0.644. The molecule has 11 heteroatoms. The fourth-order valence-electron chi connectivity index (χ4n) is 3.83. The number of carbonyl (C=O) groups is 4. The van der Waals surface area contributed by atoms with Crippen molar-refractivity contribution in [2.45, 2.75) is 43.9 Å². The minimum Gasteiger partial charge on any atom is -0.480 e. The van der Waals surface area contributed by atoms with Gasteiger partial charge in [0, 0.05) is 23.5 Å². The number of aromatic nitrogens is 1. The standard InChI is InChI=1S/C26H31N5O6/c1-15(29-24(34)19(27)12-17-13-28-20-10-6-5-9-18(17)20)23(33)30-21(11-16-7-3-2-4-8-16)25(35)31-22(14-32)26(36)37/h2-10,13,15,19,21-22,28,32H,11-12,14,27H2,1H3,(H,29,34)(H,30,33)(H,31,35)(H,36,37). The van der Waals surface area contributed by atoms with E-state index in [1.165, 1.54) is 6.92 Å². The Morgan fingerprint density at radius 1 is 0.865 bits per heavy atom. The molecule has 196 valence electrons. The molecule has 1 aromatic heterocycles. The summed E-state index contributed by atoms with van der Waals surface area (Å²) in [4.78, 5) is 52.7. The number of carboxylic acids is 1. The van der Waals surface area contributed by atoms with Gasteiger partial charge in [-0.05, 0) is 30.5 Å². The molecule has 4 unspecified atom stereocenters. The van der Waals surface area contributed by atoms with E-state index in [2.05, 4.69) is 20.9 Å². The van der Waals surface area contributed by atoms with Crippen LogP contribution in [0.2, 0.25) is 0 Å². The SMILES string of the molecule is CC(NC(=O)C(N)Cc1c[nH]c2ccccc12)C(=O)NC(Cc1ccccc1)C(=O)NC(CO)C(=O)O. The Morgan fingerprint density at radius 3 is 2.19 bits per heavy atom. The number of hydrogen-bond donors (Lipinski definition) is 7. The Bertz CT molecular complexity index is 1240. The molecular weight excluding hydrogens is 478 g/mol. The lowest BCUT2D eigenvalue weighted by Crippen LogP contribution is -2.57. The zero-order valence-electron chi connectivity index (χ0n) is 20.3. The number of aliphatic carboxylic acids is 1. The van der Waals surface area contributed by atoms with Crippen LogP contribution in [0.15, 0.2) is 60.8 Å². The lowest BCUT2D eigenvalue weighted by atomic mass is 10.0. The van der Waals surface area contributed by atoms with Crippen molar-refractivity contribution < 1.29 is 29.4 Å². The summed E-state index contributed by atoms with van der Waals surface area (Å²) in [5.74, 6) is -3.39. The number of amides is 3. The Hall–Kier alpha value is -4.22. The molecule has 3 aromatic rings. The Morgan fingerprint density at radius 2 is 1.51 bits per heavy atom. The first-order chi connectivity index (χ1) is 17.7. The Balaban J connectivity index is 1.63. The molecule has 0 saturated heterocycles. The lowest BCUT2D eigenvalue weighted by Gasteiger charge is -2.23. The molecule has 37 heavy (non-hydrogen) atoms. The van der Waals surface area contributed by atoms with Crippen LogP contribution in [0.5, 0.6) is 0 Å². The lowest BCUT2D eigenvalue weighted by molar-refractivity contribution is -0.143. The summed E-state index contributed by atoms with van der Waals surface area (Å²) < 4.78 is 0. The van der Waals surface area contributed by atoms with Crippen molar-refractivity contribution in [1.82, 2.24) is 20.9 Å². The molecule has 2 aromatic carbocycles. The van der Waals surface area contributed by atoms with Gasteiger partial charge >= 0.3 is 5.97 Å². The number of H-pyrrole nitrogens is 1. The van der Waals surface area contributed by atoms with Crippen molar-refractivity contribution in [1.29, 1.82) is 0 Å². The fraction of sp³-hybridized carbons (Fsp3) is 0.308. The molecule has 3 rings (SSSR count). The molecule has 4 atom stereocenters. The van der Waals surface area contributed by atoms with Crippen molar-refractivity contribution in [2.75, 3.05) is 6.61 Å². The van der Waals surface area contributed by atoms with Crippen LogP contribution >= 0.6 is 0 Å². The van der Waals surface area contributed by atoms with Gasteiger partial charge in [0.05, 0.1) is 12.6 Å². The Labute approximate surface area is 213 Å². The summed E-state index contributed by atoms with van der Waals surface area (Å²) in [7, 11) is 0. The van der Waals surface area contributed by atoms with Crippen molar-refractivity contribution in [2.24, 2.45) is 5.73 Å². The molecule has 0 spiro atoms. The highest BCUT2D eigenvalue weighted by atomic mass is 16.4. The third-order valence-electron chi connectivity index (χ3n) is 5.92. The normalized spacial score (nSPS) is 14.2. The van der Waals surface area contributed by atoms with Crippen LogP contribution in [0.1, 0.15) is 18.1 Å². The fourth-order valence-corrected chi connectivity index (χ4v) is 3.83. The third-order valence-corrected chi connectivity index (χ3v) is 5.92. The molecule has 3 amide bonds. The molecule has 0 aliphatic heterocycles. The average molecular weight is 510 g/mol. The van der Waals surface area contributed by atoms with E-state index >= 15 is 0 Å². The van der Waals surface area contributed by atoms with Gasteiger partial charge in [-0.15, -0.1) is 0 Å². The predicted octanol–water partition coefficient (Wildman–Crippen LogP) is -0.168. The summed E-state index contributed by atoms with van der Waals surface area (Å²) in [5, 5.41) is 26.7. The Kier molecular flexibility index (Phi) is 9.36. The van der Waals surface area contributed by atoms with Crippen LogP contribution in [-0.4, -0.2) is 69.7 Å². The molecule has 0 radical (unpaired) electrons. The van der Waals surface area contributed by atoms with Crippen LogP contribution in [0.25, 0.3) is 10.9 Å². The van der Waals surface area contributed by atoms with Gasteiger partial charge in [0.25, 0.3) is 0 Å². The predicted molar refractivity (Wildman–Crippen MR) is 136 cm³/mol. The molecule has 0 fully saturated rings. The number of aliphatic hydroxyl groups excluding tert-OH is 1.